The molecule has 1 aromatic carbocycles. The summed E-state index contributed by atoms with van der Waals surface area (Å²) < 4.78 is 0. The maximum absolute atomic E-state index is 2.34. The van der Waals surface area contributed by atoms with Crippen LogP contribution in [0.25, 0.3) is 5.57 Å². The van der Waals surface area contributed by atoms with Crippen LogP contribution < -0.4 is 0 Å². The van der Waals surface area contributed by atoms with Crippen molar-refractivity contribution in [2.75, 3.05) is 0 Å². The summed E-state index contributed by atoms with van der Waals surface area (Å²) >= 11 is 0. The van der Waals surface area contributed by atoms with Crippen LogP contribution in [-0.4, -0.2) is 0 Å². The molecule has 2 rings (SSSR count). The number of allylic oxidation sites excluding steroid dienone is 6. The van der Waals surface area contributed by atoms with Crippen LogP contribution >= 0.6 is 0 Å². The van der Waals surface area contributed by atoms with Gasteiger partial charge >= 0.3 is 0 Å². The maximum Gasteiger partial charge on any atom is -0.0152 e. The molecule has 1 aliphatic rings. The largest absolute Gasteiger partial charge is 0.0804 e. The molecule has 0 spiro atoms. The van der Waals surface area contributed by atoms with Crippen LogP contribution in [0.3, 0.4) is 0 Å². The summed E-state index contributed by atoms with van der Waals surface area (Å²) in [5, 5.41) is 0. The van der Waals surface area contributed by atoms with Crippen molar-refractivity contribution in [2.24, 2.45) is 0 Å². The van der Waals surface area contributed by atoms with Gasteiger partial charge in [0.15, 0.2) is 0 Å². The molecule has 0 nitrogen and oxygen atoms in total. The van der Waals surface area contributed by atoms with Crippen LogP contribution in [0.1, 0.15) is 44.4 Å². The number of benzene rings is 1. The van der Waals surface area contributed by atoms with Gasteiger partial charge in [-0.3, -0.25) is 0 Å². The van der Waals surface area contributed by atoms with E-state index in [-0.39, 0.29) is 7.43 Å². The van der Waals surface area contributed by atoms with Crippen molar-refractivity contribution in [1.29, 1.82) is 0 Å². The molecule has 0 heteroatoms. The van der Waals surface area contributed by atoms with E-state index in [2.05, 4.69) is 64.1 Å². The minimum absolute atomic E-state index is 0. The first kappa shape index (κ1) is 14.5. The summed E-state index contributed by atoms with van der Waals surface area (Å²) in [5.41, 5.74) is 8.31. The Morgan fingerprint density at radius 3 is 2.44 bits per heavy atom. The van der Waals surface area contributed by atoms with Gasteiger partial charge in [-0.25, -0.2) is 0 Å². The first-order chi connectivity index (χ1) is 8.11. The Morgan fingerprint density at radius 2 is 1.72 bits per heavy atom. The second-order valence-electron chi connectivity index (χ2n) is 4.81. The van der Waals surface area contributed by atoms with Crippen LogP contribution in [-0.2, 0) is 0 Å². The summed E-state index contributed by atoms with van der Waals surface area (Å²) in [7, 11) is 0. The van der Waals surface area contributed by atoms with E-state index < -0.39 is 0 Å². The van der Waals surface area contributed by atoms with Crippen molar-refractivity contribution in [3.8, 4) is 0 Å². The topological polar surface area (TPSA) is 0 Å². The van der Waals surface area contributed by atoms with E-state index in [1.165, 1.54) is 33.4 Å². The van der Waals surface area contributed by atoms with Gasteiger partial charge in [-0.15, -0.1) is 0 Å². The van der Waals surface area contributed by atoms with Crippen LogP contribution in [0.2, 0.25) is 0 Å². The molecule has 0 heterocycles. The van der Waals surface area contributed by atoms with Crippen molar-refractivity contribution in [3.63, 3.8) is 0 Å². The van der Waals surface area contributed by atoms with Crippen molar-refractivity contribution >= 4 is 5.57 Å². The van der Waals surface area contributed by atoms with Gasteiger partial charge < -0.3 is 0 Å². The molecular formula is C18H24. The Balaban J connectivity index is 0.00000162. The van der Waals surface area contributed by atoms with Gasteiger partial charge in [-0.05, 0) is 67.5 Å². The average Bonchev–Trinajstić information content (AvgIpc) is 2.47. The summed E-state index contributed by atoms with van der Waals surface area (Å²) in [6.07, 6.45) is 7.82. The Hall–Kier alpha value is -1.56. The van der Waals surface area contributed by atoms with Crippen molar-refractivity contribution in [2.45, 2.75) is 41.5 Å². The Bertz CT molecular complexity index is 525. The number of hydrogen-bond acceptors (Lipinski definition) is 0. The van der Waals surface area contributed by atoms with Gasteiger partial charge in [0, 0.05) is 0 Å². The molecule has 1 aliphatic carbocycles. The standard InChI is InChI=1S/C17H20.CH4/c1-12-8-5-6-10-16(14(12)3)17-11-7-9-13(2)15(17)4;/h5,7-11H,6H2,1-4H3;1H4. The molecule has 0 saturated heterocycles. The molecule has 18 heavy (non-hydrogen) atoms. The van der Waals surface area contributed by atoms with E-state index in [1.54, 1.807) is 0 Å². The number of rotatable bonds is 1. The minimum atomic E-state index is 0. The highest BCUT2D eigenvalue weighted by Crippen LogP contribution is 2.31. The Labute approximate surface area is 112 Å². The quantitative estimate of drug-likeness (QED) is 0.597. The molecule has 0 N–H and O–H groups in total. The smallest absolute Gasteiger partial charge is 0.0152 e. The molecule has 0 atom stereocenters. The second-order valence-corrected chi connectivity index (χ2v) is 4.81. The van der Waals surface area contributed by atoms with Crippen LogP contribution in [0, 0.1) is 13.8 Å². The van der Waals surface area contributed by atoms with Crippen LogP contribution in [0.15, 0.2) is 47.6 Å². The molecule has 0 fully saturated rings. The zero-order chi connectivity index (χ0) is 12.4. The van der Waals surface area contributed by atoms with E-state index in [4.69, 9.17) is 0 Å². The predicted molar refractivity (Wildman–Crippen MR) is 82.8 cm³/mol. The fourth-order valence-electron chi connectivity index (χ4n) is 2.28. The van der Waals surface area contributed by atoms with Gasteiger partial charge in [0.25, 0.3) is 0 Å². The van der Waals surface area contributed by atoms with Gasteiger partial charge in [-0.2, -0.15) is 0 Å². The maximum atomic E-state index is 2.34. The van der Waals surface area contributed by atoms with Crippen LogP contribution in [0.4, 0.5) is 0 Å². The van der Waals surface area contributed by atoms with Crippen molar-refractivity contribution in [1.82, 2.24) is 0 Å². The lowest BCUT2D eigenvalue weighted by molar-refractivity contribution is 1.29. The molecule has 0 bridgehead atoms. The van der Waals surface area contributed by atoms with Gasteiger partial charge in [0.05, 0.1) is 0 Å². The first-order valence-corrected chi connectivity index (χ1v) is 6.22. The van der Waals surface area contributed by atoms with Gasteiger partial charge in [-0.1, -0.05) is 43.9 Å². The molecule has 0 saturated carbocycles. The van der Waals surface area contributed by atoms with Gasteiger partial charge in [0.2, 0.25) is 0 Å². The SMILES string of the molecule is C.CC1=C(C)C(c2cccc(C)c2C)=CCC=C1. The fraction of sp³-hybridized carbons (Fsp3) is 0.333. The van der Waals surface area contributed by atoms with E-state index in [1.807, 2.05) is 0 Å². The number of aryl methyl sites for hydroxylation is 1. The molecule has 0 aromatic heterocycles. The third kappa shape index (κ3) is 2.64. The minimum Gasteiger partial charge on any atom is -0.0804 e. The Kier molecular flexibility index (Phi) is 4.72. The average molecular weight is 240 g/mol. The lowest BCUT2D eigenvalue weighted by Gasteiger charge is -2.14. The molecular weight excluding hydrogens is 216 g/mol. The Morgan fingerprint density at radius 1 is 1.00 bits per heavy atom. The highest BCUT2D eigenvalue weighted by atomic mass is 14.2. The third-order valence-electron chi connectivity index (χ3n) is 3.72. The molecule has 0 amide bonds. The van der Waals surface area contributed by atoms with Crippen molar-refractivity contribution < 1.29 is 0 Å². The monoisotopic (exact) mass is 240 g/mol. The molecule has 0 radical (unpaired) electrons. The zero-order valence-corrected chi connectivity index (χ0v) is 11.2. The third-order valence-corrected chi connectivity index (χ3v) is 3.72. The molecule has 0 aliphatic heterocycles. The second kappa shape index (κ2) is 5.86. The zero-order valence-electron chi connectivity index (χ0n) is 11.2. The van der Waals surface area contributed by atoms with Gasteiger partial charge in [0.1, 0.15) is 0 Å². The normalized spacial score (nSPS) is 15.0. The molecule has 0 unspecified atom stereocenters. The lowest BCUT2D eigenvalue weighted by atomic mass is 9.91. The summed E-state index contributed by atoms with van der Waals surface area (Å²) in [6.45, 7) is 8.81. The lowest BCUT2D eigenvalue weighted by Crippen LogP contribution is -1.94. The summed E-state index contributed by atoms with van der Waals surface area (Å²) in [5.74, 6) is 0. The van der Waals surface area contributed by atoms with E-state index >= 15 is 0 Å². The summed E-state index contributed by atoms with van der Waals surface area (Å²) in [4.78, 5) is 0. The molecule has 96 valence electrons. The van der Waals surface area contributed by atoms with E-state index in [0.29, 0.717) is 0 Å². The van der Waals surface area contributed by atoms with E-state index in [9.17, 15) is 0 Å². The highest BCUT2D eigenvalue weighted by Gasteiger charge is 2.10. The van der Waals surface area contributed by atoms with Crippen molar-refractivity contribution in [3.05, 3.63) is 64.3 Å². The molecule has 1 aromatic rings. The number of hydrogen-bond donors (Lipinski definition) is 0. The fourth-order valence-corrected chi connectivity index (χ4v) is 2.28. The first-order valence-electron chi connectivity index (χ1n) is 6.22. The van der Waals surface area contributed by atoms with Crippen LogP contribution in [0.5, 0.6) is 0 Å². The van der Waals surface area contributed by atoms with E-state index in [0.717, 1.165) is 6.42 Å². The summed E-state index contributed by atoms with van der Waals surface area (Å²) in [6, 6.07) is 6.57. The predicted octanol–water partition coefficient (Wildman–Crippen LogP) is 5.62. The highest BCUT2D eigenvalue weighted by molar-refractivity contribution is 5.82.